The molecule has 172 valence electrons. The minimum atomic E-state index is -0.835. The first-order valence-electron chi connectivity index (χ1n) is 10.5. The summed E-state index contributed by atoms with van der Waals surface area (Å²) in [4.78, 5) is 26.9. The van der Waals surface area contributed by atoms with Crippen LogP contribution in [-0.2, 0) is 4.79 Å². The topological polar surface area (TPSA) is 57.6 Å². The maximum absolute atomic E-state index is 12.4. The molecule has 0 aromatic heterocycles. The molecule has 0 amide bonds. The van der Waals surface area contributed by atoms with Crippen LogP contribution in [0.2, 0.25) is 10.0 Å². The minimum Gasteiger partial charge on any atom is -0.480 e. The fraction of sp³-hybridized carbons (Fsp3) is 0.240. The molecule has 2 aromatic rings. The number of halogens is 2. The monoisotopic (exact) mass is 519 g/mol. The van der Waals surface area contributed by atoms with E-state index in [0.29, 0.717) is 32.9 Å². The number of thiocarbonyl (C=S) groups is 1. The van der Waals surface area contributed by atoms with Gasteiger partial charge >= 0.3 is 5.97 Å². The summed E-state index contributed by atoms with van der Waals surface area (Å²) >= 11 is 18.9. The van der Waals surface area contributed by atoms with Crippen molar-refractivity contribution in [3.63, 3.8) is 0 Å². The van der Waals surface area contributed by atoms with Crippen LogP contribution in [-0.4, -0.2) is 38.7 Å². The zero-order valence-electron chi connectivity index (χ0n) is 18.0. The van der Waals surface area contributed by atoms with Gasteiger partial charge in [-0.15, -0.1) is 0 Å². The number of carboxylic acids is 1. The molecule has 4 nitrogen and oxygen atoms in total. The van der Waals surface area contributed by atoms with Crippen LogP contribution >= 0.6 is 47.2 Å². The second kappa shape index (κ2) is 11.8. The summed E-state index contributed by atoms with van der Waals surface area (Å²) in [5.41, 5.74) is 2.25. The molecule has 1 heterocycles. The van der Waals surface area contributed by atoms with E-state index in [4.69, 9.17) is 35.4 Å². The largest absolute Gasteiger partial charge is 0.480 e. The number of carbonyl (C=O) groups is 2. The number of benzene rings is 2. The summed E-state index contributed by atoms with van der Waals surface area (Å²) in [5.74, 6) is -1.03. The van der Waals surface area contributed by atoms with Crippen molar-refractivity contribution >= 4 is 75.4 Å². The summed E-state index contributed by atoms with van der Waals surface area (Å²) in [6, 6.07) is 11.9. The van der Waals surface area contributed by atoms with Gasteiger partial charge in [0.1, 0.15) is 10.4 Å². The molecule has 8 heteroatoms. The Morgan fingerprint density at radius 3 is 2.52 bits per heavy atom. The van der Waals surface area contributed by atoms with Crippen molar-refractivity contribution in [2.75, 3.05) is 6.54 Å². The molecule has 1 fully saturated rings. The predicted molar refractivity (Wildman–Crippen MR) is 142 cm³/mol. The van der Waals surface area contributed by atoms with Crippen LogP contribution in [0.25, 0.3) is 12.2 Å². The Morgan fingerprint density at radius 2 is 1.88 bits per heavy atom. The van der Waals surface area contributed by atoms with Crippen molar-refractivity contribution in [3.05, 3.63) is 80.2 Å². The van der Waals surface area contributed by atoms with E-state index in [1.807, 2.05) is 37.3 Å². The standard InChI is InChI=1S/C25H23Cl2NO3S2/c1-2-3-4-22(24(30)31)28-15-19(33-25(28)32)13-17-7-5-16(6-8-17)9-12-23(29)20-11-10-18(26)14-21(20)27/h5-14,22H,2-4,15H2,1H3,(H,30,31)/b12-9+,19-13?. The third kappa shape index (κ3) is 6.93. The lowest BCUT2D eigenvalue weighted by atomic mass is 10.1. The molecule has 33 heavy (non-hydrogen) atoms. The van der Waals surface area contributed by atoms with Crippen LogP contribution in [0.15, 0.2) is 53.4 Å². The Morgan fingerprint density at radius 1 is 1.18 bits per heavy atom. The average Bonchev–Trinajstić information content (AvgIpc) is 3.12. The van der Waals surface area contributed by atoms with Crippen LogP contribution in [0.5, 0.6) is 0 Å². The zero-order valence-corrected chi connectivity index (χ0v) is 21.1. The lowest BCUT2D eigenvalue weighted by Crippen LogP contribution is -2.41. The number of hydrogen-bond acceptors (Lipinski definition) is 4. The molecule has 0 bridgehead atoms. The molecule has 1 aliphatic rings. The van der Waals surface area contributed by atoms with Gasteiger partial charge in [-0.1, -0.05) is 97.3 Å². The van der Waals surface area contributed by atoms with E-state index in [1.54, 1.807) is 29.2 Å². The number of thioether (sulfide) groups is 1. The summed E-state index contributed by atoms with van der Waals surface area (Å²) in [5, 5.41) is 10.4. The van der Waals surface area contributed by atoms with E-state index in [9.17, 15) is 14.7 Å². The summed E-state index contributed by atoms with van der Waals surface area (Å²) in [7, 11) is 0. The van der Waals surface area contributed by atoms with E-state index in [2.05, 4.69) is 0 Å². The highest BCUT2D eigenvalue weighted by Crippen LogP contribution is 2.33. The molecule has 3 rings (SSSR count). The molecule has 1 unspecified atom stereocenters. The lowest BCUT2D eigenvalue weighted by Gasteiger charge is -2.24. The zero-order chi connectivity index (χ0) is 24.0. The average molecular weight is 521 g/mol. The molecule has 1 saturated heterocycles. The number of carbonyl (C=O) groups excluding carboxylic acids is 1. The van der Waals surface area contributed by atoms with Gasteiger partial charge in [-0.25, -0.2) is 4.79 Å². The highest BCUT2D eigenvalue weighted by Gasteiger charge is 2.32. The van der Waals surface area contributed by atoms with Gasteiger partial charge < -0.3 is 10.0 Å². The summed E-state index contributed by atoms with van der Waals surface area (Å²) < 4.78 is 0.601. The first kappa shape index (κ1) is 25.5. The quantitative estimate of drug-likeness (QED) is 0.214. The van der Waals surface area contributed by atoms with E-state index >= 15 is 0 Å². The lowest BCUT2D eigenvalue weighted by molar-refractivity contribution is -0.141. The van der Waals surface area contributed by atoms with Crippen LogP contribution in [0.1, 0.15) is 47.7 Å². The van der Waals surface area contributed by atoms with Crippen LogP contribution in [0, 0.1) is 0 Å². The van der Waals surface area contributed by atoms with E-state index in [1.165, 1.54) is 17.8 Å². The van der Waals surface area contributed by atoms with Gasteiger partial charge in [0.2, 0.25) is 0 Å². The molecule has 2 aromatic carbocycles. The normalized spacial score (nSPS) is 16.0. The third-order valence-electron chi connectivity index (χ3n) is 5.16. The summed E-state index contributed by atoms with van der Waals surface area (Å²) in [6.07, 6.45) is 7.61. The summed E-state index contributed by atoms with van der Waals surface area (Å²) in [6.45, 7) is 2.55. The van der Waals surface area contributed by atoms with Crippen LogP contribution in [0.4, 0.5) is 0 Å². The van der Waals surface area contributed by atoms with E-state index in [-0.39, 0.29) is 5.78 Å². The second-order valence-electron chi connectivity index (χ2n) is 7.59. The van der Waals surface area contributed by atoms with Crippen molar-refractivity contribution in [2.24, 2.45) is 0 Å². The van der Waals surface area contributed by atoms with Crippen LogP contribution in [0.3, 0.4) is 0 Å². The van der Waals surface area contributed by atoms with Gasteiger partial charge in [0.25, 0.3) is 0 Å². The number of carboxylic acid groups (broad SMARTS) is 1. The van der Waals surface area contributed by atoms with Gasteiger partial charge in [0, 0.05) is 15.5 Å². The number of rotatable bonds is 9. The smallest absolute Gasteiger partial charge is 0.326 e. The van der Waals surface area contributed by atoms with Gasteiger partial charge in [-0.2, -0.15) is 0 Å². The Labute approximate surface area is 213 Å². The predicted octanol–water partition coefficient (Wildman–Crippen LogP) is 7.21. The Kier molecular flexibility index (Phi) is 9.15. The van der Waals surface area contributed by atoms with Crippen molar-refractivity contribution in [1.82, 2.24) is 4.90 Å². The number of nitrogens with zero attached hydrogens (tertiary/aromatic N) is 1. The molecule has 1 atom stereocenters. The number of allylic oxidation sites excluding steroid dienone is 1. The van der Waals surface area contributed by atoms with Gasteiger partial charge in [-0.05, 0) is 47.9 Å². The fourth-order valence-corrected chi connectivity index (χ4v) is 5.34. The van der Waals surface area contributed by atoms with Gasteiger partial charge in [0.05, 0.1) is 11.6 Å². The SMILES string of the molecule is CCCCC(C(=O)O)N1CC(=Cc2ccc(/C=C/C(=O)c3ccc(Cl)cc3Cl)cc2)SC1=S. The van der Waals surface area contributed by atoms with Crippen LogP contribution < -0.4 is 0 Å². The first-order chi connectivity index (χ1) is 15.8. The molecular weight excluding hydrogens is 497 g/mol. The minimum absolute atomic E-state index is 0.199. The molecule has 1 aliphatic heterocycles. The fourth-order valence-electron chi connectivity index (χ4n) is 3.40. The molecule has 0 radical (unpaired) electrons. The molecule has 0 spiro atoms. The van der Waals surface area contributed by atoms with Crippen molar-refractivity contribution in [3.8, 4) is 0 Å². The van der Waals surface area contributed by atoms with Gasteiger partial charge in [-0.3, -0.25) is 4.79 Å². The van der Waals surface area contributed by atoms with Crippen molar-refractivity contribution in [1.29, 1.82) is 0 Å². The Bertz CT molecular complexity index is 1110. The van der Waals surface area contributed by atoms with Crippen molar-refractivity contribution in [2.45, 2.75) is 32.2 Å². The number of hydrogen-bond donors (Lipinski definition) is 1. The number of ketones is 1. The molecular formula is C25H23Cl2NO3S2. The molecule has 0 saturated carbocycles. The first-order valence-corrected chi connectivity index (χ1v) is 12.5. The Hall–Kier alpha value is -2.12. The molecule has 0 aliphatic carbocycles. The number of unbranched alkanes of at least 4 members (excludes halogenated alkanes) is 1. The van der Waals surface area contributed by atoms with Crippen molar-refractivity contribution < 1.29 is 14.7 Å². The maximum atomic E-state index is 12.4. The Balaban J connectivity index is 1.66. The highest BCUT2D eigenvalue weighted by molar-refractivity contribution is 8.25. The highest BCUT2D eigenvalue weighted by atomic mass is 35.5. The van der Waals surface area contributed by atoms with E-state index < -0.39 is 12.0 Å². The van der Waals surface area contributed by atoms with Gasteiger partial charge in [0.15, 0.2) is 5.78 Å². The third-order valence-corrected chi connectivity index (χ3v) is 7.11. The second-order valence-corrected chi connectivity index (χ2v) is 10.2. The van der Waals surface area contributed by atoms with E-state index in [0.717, 1.165) is 28.9 Å². The maximum Gasteiger partial charge on any atom is 0.326 e. The number of aliphatic carboxylic acids is 1. The molecule has 1 N–H and O–H groups in total.